The molecule has 1 amide bonds. The smallest absolute Gasteiger partial charge is 0.260 e. The summed E-state index contributed by atoms with van der Waals surface area (Å²) in [6.07, 6.45) is 0. The van der Waals surface area contributed by atoms with Crippen LogP contribution in [0.5, 0.6) is 5.75 Å². The Kier molecular flexibility index (Phi) is 5.80. The predicted octanol–water partition coefficient (Wildman–Crippen LogP) is 5.13. The van der Waals surface area contributed by atoms with E-state index in [9.17, 15) is 14.7 Å². The van der Waals surface area contributed by atoms with E-state index in [1.165, 1.54) is 29.5 Å². The maximum absolute atomic E-state index is 12.7. The van der Waals surface area contributed by atoms with Gasteiger partial charge in [-0.3, -0.25) is 9.59 Å². The van der Waals surface area contributed by atoms with Crippen molar-refractivity contribution in [1.82, 2.24) is 9.97 Å². The zero-order valence-corrected chi connectivity index (χ0v) is 18.1. The average Bonchev–Trinajstić information content (AvgIpc) is 3.16. The number of hydrogen-bond donors (Lipinski definition) is 3. The Hall–Kier alpha value is -2.81. The van der Waals surface area contributed by atoms with Crippen molar-refractivity contribution < 1.29 is 9.90 Å². The summed E-state index contributed by atoms with van der Waals surface area (Å²) in [7, 11) is 0. The van der Waals surface area contributed by atoms with Crippen molar-refractivity contribution in [3.05, 3.63) is 69.3 Å². The van der Waals surface area contributed by atoms with Gasteiger partial charge in [-0.15, -0.1) is 11.3 Å². The molecule has 0 saturated carbocycles. The van der Waals surface area contributed by atoms with Gasteiger partial charge < -0.3 is 15.4 Å². The first-order chi connectivity index (χ1) is 14.4. The molecule has 1 unspecified atom stereocenters. The van der Waals surface area contributed by atoms with Crippen LogP contribution in [0.4, 0.5) is 5.69 Å². The number of carbonyl (C=O) groups excluding carboxylic acids is 1. The number of amides is 1. The third-order valence-corrected chi connectivity index (χ3v) is 6.47. The number of thiophene rings is 1. The second kappa shape index (κ2) is 8.51. The molecule has 4 aromatic rings. The number of aromatic hydroxyl groups is 1. The summed E-state index contributed by atoms with van der Waals surface area (Å²) in [6.45, 7) is 1.69. The second-order valence-electron chi connectivity index (χ2n) is 6.48. The highest BCUT2D eigenvalue weighted by atomic mass is 35.5. The molecule has 9 heteroatoms. The maximum atomic E-state index is 12.7. The standard InChI is InChI=1S/C21H16ClN3O3S2/c1-11(18(27)23-15-9-13(22)7-8-16(15)26)30-21-24-19(28)17-14(10-29-20(17)25-21)12-5-3-2-4-6-12/h2-11,26H,1H3,(H,23,27)(H,24,25,28). The van der Waals surface area contributed by atoms with Crippen LogP contribution in [-0.4, -0.2) is 26.2 Å². The molecular formula is C21H16ClN3O3S2. The van der Waals surface area contributed by atoms with E-state index in [0.29, 0.717) is 20.4 Å². The molecule has 0 aliphatic carbocycles. The van der Waals surface area contributed by atoms with Crippen molar-refractivity contribution in [1.29, 1.82) is 0 Å². The number of anilines is 1. The van der Waals surface area contributed by atoms with Crippen LogP contribution in [0, 0.1) is 0 Å². The number of halogens is 1. The number of thioether (sulfide) groups is 1. The lowest BCUT2D eigenvalue weighted by molar-refractivity contribution is -0.115. The lowest BCUT2D eigenvalue weighted by atomic mass is 10.1. The first kappa shape index (κ1) is 20.5. The second-order valence-corrected chi connectivity index (χ2v) is 9.10. The number of nitrogens with one attached hydrogen (secondary N) is 2. The molecule has 0 radical (unpaired) electrons. The minimum atomic E-state index is -0.572. The molecule has 0 spiro atoms. The maximum Gasteiger partial charge on any atom is 0.260 e. The van der Waals surface area contributed by atoms with Gasteiger partial charge in [0.05, 0.1) is 16.3 Å². The molecular weight excluding hydrogens is 442 g/mol. The first-order valence-electron chi connectivity index (χ1n) is 8.95. The first-order valence-corrected chi connectivity index (χ1v) is 11.1. The van der Waals surface area contributed by atoms with E-state index in [-0.39, 0.29) is 22.9 Å². The van der Waals surface area contributed by atoms with Crippen LogP contribution in [0.1, 0.15) is 6.92 Å². The quantitative estimate of drug-likeness (QED) is 0.219. The van der Waals surface area contributed by atoms with Gasteiger partial charge in [-0.1, -0.05) is 53.7 Å². The minimum absolute atomic E-state index is 0.0788. The van der Waals surface area contributed by atoms with Gasteiger partial charge in [-0.2, -0.15) is 0 Å². The van der Waals surface area contributed by atoms with Crippen LogP contribution in [-0.2, 0) is 4.79 Å². The summed E-state index contributed by atoms with van der Waals surface area (Å²) >= 11 is 8.43. The topological polar surface area (TPSA) is 95.1 Å². The number of aromatic nitrogens is 2. The van der Waals surface area contributed by atoms with Gasteiger partial charge >= 0.3 is 0 Å². The monoisotopic (exact) mass is 457 g/mol. The number of fused-ring (bicyclic) bond motifs is 1. The van der Waals surface area contributed by atoms with Gasteiger partial charge in [0.25, 0.3) is 5.56 Å². The molecule has 1 atom stereocenters. The van der Waals surface area contributed by atoms with Crippen LogP contribution in [0.2, 0.25) is 5.02 Å². The summed E-state index contributed by atoms with van der Waals surface area (Å²) in [5, 5.41) is 15.1. The van der Waals surface area contributed by atoms with E-state index in [1.807, 2.05) is 35.7 Å². The largest absolute Gasteiger partial charge is 0.506 e. The zero-order valence-electron chi connectivity index (χ0n) is 15.7. The van der Waals surface area contributed by atoms with E-state index in [4.69, 9.17) is 11.6 Å². The lowest BCUT2D eigenvalue weighted by Gasteiger charge is -2.12. The van der Waals surface area contributed by atoms with Crippen molar-refractivity contribution in [3.63, 3.8) is 0 Å². The Morgan fingerprint density at radius 3 is 2.80 bits per heavy atom. The zero-order chi connectivity index (χ0) is 21.3. The van der Waals surface area contributed by atoms with Crippen LogP contribution in [0.3, 0.4) is 0 Å². The average molecular weight is 458 g/mol. The molecule has 2 heterocycles. The van der Waals surface area contributed by atoms with Gasteiger partial charge in [0.15, 0.2) is 5.16 Å². The molecule has 0 bridgehead atoms. The van der Waals surface area contributed by atoms with E-state index < -0.39 is 5.25 Å². The number of phenols is 1. The Labute approximate surface area is 184 Å². The van der Waals surface area contributed by atoms with Crippen LogP contribution >= 0.6 is 34.7 Å². The summed E-state index contributed by atoms with van der Waals surface area (Å²) in [5.41, 5.74) is 1.76. The lowest BCUT2D eigenvalue weighted by Crippen LogP contribution is -2.23. The SMILES string of the molecule is CC(Sc1nc2scc(-c3ccccc3)c2c(=O)[nH]1)C(=O)Nc1cc(Cl)ccc1O. The number of nitrogens with zero attached hydrogens (tertiary/aromatic N) is 1. The predicted molar refractivity (Wildman–Crippen MR) is 123 cm³/mol. The third-order valence-electron chi connectivity index (χ3n) is 4.38. The van der Waals surface area contributed by atoms with Gasteiger partial charge in [0, 0.05) is 16.0 Å². The highest BCUT2D eigenvalue weighted by molar-refractivity contribution is 8.00. The Morgan fingerprint density at radius 1 is 1.27 bits per heavy atom. The molecule has 0 saturated heterocycles. The number of carbonyl (C=O) groups is 1. The van der Waals surface area contributed by atoms with E-state index >= 15 is 0 Å². The van der Waals surface area contributed by atoms with E-state index in [2.05, 4.69) is 15.3 Å². The molecule has 30 heavy (non-hydrogen) atoms. The third kappa shape index (κ3) is 4.21. The molecule has 4 rings (SSSR count). The number of aromatic amines is 1. The normalized spacial score (nSPS) is 12.1. The van der Waals surface area contributed by atoms with Gasteiger partial charge in [-0.05, 0) is 30.7 Å². The van der Waals surface area contributed by atoms with E-state index in [0.717, 1.165) is 22.9 Å². The fourth-order valence-corrected chi connectivity index (χ4v) is 4.85. The Balaban J connectivity index is 1.56. The van der Waals surface area contributed by atoms with Crippen molar-refractivity contribution in [2.45, 2.75) is 17.3 Å². The molecule has 3 N–H and O–H groups in total. The summed E-state index contributed by atoms with van der Waals surface area (Å²) in [5.74, 6) is -0.429. The molecule has 2 aromatic carbocycles. The van der Waals surface area contributed by atoms with Crippen molar-refractivity contribution in [3.8, 4) is 16.9 Å². The highest BCUT2D eigenvalue weighted by Gasteiger charge is 2.19. The fraction of sp³-hybridized carbons (Fsp3) is 0.0952. The number of hydrogen-bond acceptors (Lipinski definition) is 6. The number of H-pyrrole nitrogens is 1. The molecule has 0 aliphatic rings. The highest BCUT2D eigenvalue weighted by Crippen LogP contribution is 2.32. The fourth-order valence-electron chi connectivity index (χ4n) is 2.88. The molecule has 0 aliphatic heterocycles. The van der Waals surface area contributed by atoms with Crippen molar-refractivity contribution in [2.75, 3.05) is 5.32 Å². The van der Waals surface area contributed by atoms with Gasteiger partial charge in [0.2, 0.25) is 5.91 Å². The molecule has 0 fully saturated rings. The van der Waals surface area contributed by atoms with Crippen LogP contribution in [0.15, 0.2) is 63.9 Å². The van der Waals surface area contributed by atoms with Gasteiger partial charge in [-0.25, -0.2) is 4.98 Å². The van der Waals surface area contributed by atoms with Crippen LogP contribution < -0.4 is 10.9 Å². The van der Waals surface area contributed by atoms with Crippen LogP contribution in [0.25, 0.3) is 21.3 Å². The number of phenolic OH excluding ortho intramolecular Hbond substituents is 1. The van der Waals surface area contributed by atoms with Crippen molar-refractivity contribution >= 4 is 56.5 Å². The van der Waals surface area contributed by atoms with Gasteiger partial charge in [0.1, 0.15) is 10.6 Å². The summed E-state index contributed by atoms with van der Waals surface area (Å²) in [4.78, 5) is 33.1. The summed E-state index contributed by atoms with van der Waals surface area (Å²) in [6, 6.07) is 14.1. The minimum Gasteiger partial charge on any atom is -0.506 e. The Morgan fingerprint density at radius 2 is 2.03 bits per heavy atom. The van der Waals surface area contributed by atoms with Crippen molar-refractivity contribution in [2.24, 2.45) is 0 Å². The van der Waals surface area contributed by atoms with E-state index in [1.54, 1.807) is 6.92 Å². The Bertz CT molecular complexity index is 1290. The molecule has 2 aromatic heterocycles. The summed E-state index contributed by atoms with van der Waals surface area (Å²) < 4.78 is 0. The number of rotatable bonds is 5. The molecule has 6 nitrogen and oxygen atoms in total. The number of benzene rings is 2. The molecule has 152 valence electrons.